The number of hydrazone groups is 1. The minimum absolute atomic E-state index is 0.114. The Balaban J connectivity index is 1.27. The summed E-state index contributed by atoms with van der Waals surface area (Å²) in [7, 11) is 0. The summed E-state index contributed by atoms with van der Waals surface area (Å²) < 4.78 is 46.0. The number of amides is 1. The van der Waals surface area contributed by atoms with Crippen LogP contribution in [0.25, 0.3) is 0 Å². The van der Waals surface area contributed by atoms with Gasteiger partial charge in [0, 0.05) is 24.6 Å². The second-order valence-corrected chi connectivity index (χ2v) is 8.52. The Labute approximate surface area is 177 Å². The Morgan fingerprint density at radius 1 is 1.00 bits per heavy atom. The maximum Gasteiger partial charge on any atom is 0.316 e. The second kappa shape index (κ2) is 7.94. The average molecular weight is 430 g/mol. The van der Waals surface area contributed by atoms with Crippen LogP contribution in [0.5, 0.6) is 6.01 Å². The fourth-order valence-corrected chi connectivity index (χ4v) is 5.04. The van der Waals surface area contributed by atoms with Gasteiger partial charge in [0.25, 0.3) is 0 Å². The highest BCUT2D eigenvalue weighted by atomic mass is 19.1. The standard InChI is InChI=1S/C22H21F3N4O2/c23-16-5-14(6-17(24)8-16)20-1-2-28-29(20)21(30)19-7-15(12-3-13(19)4-12)11-31-22-26-9-18(25)10-27-22/h2,5-6,8-10,12-13,15,19-20H,1,3-4,7,11H2. The predicted molar refractivity (Wildman–Crippen MR) is 104 cm³/mol. The number of nitrogens with zero attached hydrogens (tertiary/aromatic N) is 4. The van der Waals surface area contributed by atoms with Crippen molar-refractivity contribution in [1.29, 1.82) is 0 Å². The lowest BCUT2D eigenvalue weighted by molar-refractivity contribution is -0.148. The first kappa shape index (κ1) is 20.0. The van der Waals surface area contributed by atoms with Crippen LogP contribution in [-0.2, 0) is 4.79 Å². The van der Waals surface area contributed by atoms with E-state index >= 15 is 0 Å². The van der Waals surface area contributed by atoms with Crippen LogP contribution in [-0.4, -0.2) is 33.7 Å². The Morgan fingerprint density at radius 2 is 1.71 bits per heavy atom. The Kier molecular flexibility index (Phi) is 5.11. The number of hydrogen-bond acceptors (Lipinski definition) is 5. The van der Waals surface area contributed by atoms with E-state index in [1.165, 1.54) is 17.1 Å². The van der Waals surface area contributed by atoms with Gasteiger partial charge >= 0.3 is 6.01 Å². The van der Waals surface area contributed by atoms with Gasteiger partial charge < -0.3 is 4.74 Å². The van der Waals surface area contributed by atoms with Crippen molar-refractivity contribution in [3.8, 4) is 6.01 Å². The van der Waals surface area contributed by atoms with Crippen LogP contribution in [0.15, 0.2) is 35.7 Å². The van der Waals surface area contributed by atoms with Gasteiger partial charge in [-0.3, -0.25) is 4.79 Å². The Hall–Kier alpha value is -2.97. The van der Waals surface area contributed by atoms with E-state index in [-0.39, 0.29) is 29.7 Å². The molecule has 2 aromatic rings. The molecule has 3 aliphatic carbocycles. The van der Waals surface area contributed by atoms with Gasteiger partial charge in [0.2, 0.25) is 5.91 Å². The molecule has 1 aliphatic heterocycles. The SMILES string of the molecule is O=C(C1CC(COc2ncc(F)cn2)C2CC1C2)N1N=CCC1c1cc(F)cc(F)c1. The van der Waals surface area contributed by atoms with E-state index in [1.54, 1.807) is 6.21 Å². The normalized spacial score (nSPS) is 29.0. The van der Waals surface area contributed by atoms with E-state index in [2.05, 4.69) is 15.1 Å². The van der Waals surface area contributed by atoms with Gasteiger partial charge in [-0.25, -0.2) is 28.1 Å². The zero-order valence-electron chi connectivity index (χ0n) is 16.6. The molecule has 3 atom stereocenters. The highest BCUT2D eigenvalue weighted by Crippen LogP contribution is 2.53. The van der Waals surface area contributed by atoms with Crippen LogP contribution >= 0.6 is 0 Å². The summed E-state index contributed by atoms with van der Waals surface area (Å²) in [6, 6.07) is 2.93. The number of ether oxygens (including phenoxy) is 1. The third-order valence-electron chi connectivity index (χ3n) is 6.67. The van der Waals surface area contributed by atoms with Gasteiger partial charge in [-0.2, -0.15) is 5.10 Å². The van der Waals surface area contributed by atoms with Gasteiger partial charge in [0.05, 0.1) is 25.0 Å². The molecule has 0 N–H and O–H groups in total. The van der Waals surface area contributed by atoms with Gasteiger partial charge in [-0.05, 0) is 54.7 Å². The minimum Gasteiger partial charge on any atom is -0.463 e. The number of carbonyl (C=O) groups excluding carboxylic acids is 1. The zero-order chi connectivity index (χ0) is 21.5. The summed E-state index contributed by atoms with van der Waals surface area (Å²) in [4.78, 5) is 21.0. The molecule has 3 saturated carbocycles. The summed E-state index contributed by atoms with van der Waals surface area (Å²) in [6.07, 6.45) is 6.65. The number of halogens is 3. The highest BCUT2D eigenvalue weighted by molar-refractivity contribution is 5.82. The second-order valence-electron chi connectivity index (χ2n) is 8.52. The molecule has 0 saturated heterocycles. The molecule has 31 heavy (non-hydrogen) atoms. The molecule has 1 amide bonds. The average Bonchev–Trinajstić information content (AvgIpc) is 3.21. The predicted octanol–water partition coefficient (Wildman–Crippen LogP) is 3.89. The molecule has 162 valence electrons. The van der Waals surface area contributed by atoms with Crippen LogP contribution in [0.4, 0.5) is 13.2 Å². The topological polar surface area (TPSA) is 67.7 Å². The zero-order valence-corrected chi connectivity index (χ0v) is 16.6. The van der Waals surface area contributed by atoms with Crippen molar-refractivity contribution in [3.63, 3.8) is 0 Å². The van der Waals surface area contributed by atoms with Gasteiger partial charge in [0.1, 0.15) is 11.6 Å². The summed E-state index contributed by atoms with van der Waals surface area (Å²) in [5, 5.41) is 5.62. The van der Waals surface area contributed by atoms with Crippen LogP contribution in [0.2, 0.25) is 0 Å². The van der Waals surface area contributed by atoms with Crippen LogP contribution < -0.4 is 4.74 Å². The number of rotatable bonds is 5. The van der Waals surface area contributed by atoms with E-state index in [9.17, 15) is 18.0 Å². The van der Waals surface area contributed by atoms with Crippen LogP contribution in [0.1, 0.15) is 37.3 Å². The lowest BCUT2D eigenvalue weighted by atomic mass is 9.55. The first-order valence-electron chi connectivity index (χ1n) is 10.4. The minimum atomic E-state index is -0.672. The van der Waals surface area contributed by atoms with Gasteiger partial charge in [-0.1, -0.05) is 0 Å². The number of benzene rings is 1. The van der Waals surface area contributed by atoms with E-state index in [0.717, 1.165) is 31.3 Å². The molecule has 9 heteroatoms. The molecular weight excluding hydrogens is 409 g/mol. The molecule has 0 spiro atoms. The van der Waals surface area contributed by atoms with Crippen molar-refractivity contribution >= 4 is 12.1 Å². The monoisotopic (exact) mass is 430 g/mol. The van der Waals surface area contributed by atoms with Crippen molar-refractivity contribution in [2.24, 2.45) is 28.8 Å². The third kappa shape index (κ3) is 3.88. The first-order valence-corrected chi connectivity index (χ1v) is 10.4. The molecule has 3 unspecified atom stereocenters. The fraction of sp³-hybridized carbons (Fsp3) is 0.455. The van der Waals surface area contributed by atoms with E-state index < -0.39 is 23.5 Å². The molecule has 6 rings (SSSR count). The summed E-state index contributed by atoms with van der Waals surface area (Å²) in [5.74, 6) is -1.29. The third-order valence-corrected chi connectivity index (χ3v) is 6.67. The molecule has 3 fully saturated rings. The van der Waals surface area contributed by atoms with Gasteiger partial charge in [-0.15, -0.1) is 0 Å². The number of hydrogen-bond donors (Lipinski definition) is 0. The first-order chi connectivity index (χ1) is 15.0. The summed E-state index contributed by atoms with van der Waals surface area (Å²) >= 11 is 0. The Bertz CT molecular complexity index is 990. The number of carbonyl (C=O) groups is 1. The summed E-state index contributed by atoms with van der Waals surface area (Å²) in [6.45, 7) is 0.356. The molecule has 0 radical (unpaired) electrons. The van der Waals surface area contributed by atoms with Crippen molar-refractivity contribution in [1.82, 2.24) is 15.0 Å². The Morgan fingerprint density at radius 3 is 2.42 bits per heavy atom. The van der Waals surface area contributed by atoms with Crippen LogP contribution in [0.3, 0.4) is 0 Å². The van der Waals surface area contributed by atoms with Crippen molar-refractivity contribution in [3.05, 3.63) is 53.6 Å². The lowest BCUT2D eigenvalue weighted by Gasteiger charge is -2.51. The molecule has 6 nitrogen and oxygen atoms in total. The lowest BCUT2D eigenvalue weighted by Crippen LogP contribution is -2.50. The highest BCUT2D eigenvalue weighted by Gasteiger charge is 2.50. The van der Waals surface area contributed by atoms with Crippen molar-refractivity contribution in [2.45, 2.75) is 31.7 Å². The maximum atomic E-state index is 13.7. The van der Waals surface area contributed by atoms with Crippen molar-refractivity contribution in [2.75, 3.05) is 6.61 Å². The quantitative estimate of drug-likeness (QED) is 0.722. The smallest absolute Gasteiger partial charge is 0.316 e. The molecule has 2 heterocycles. The largest absolute Gasteiger partial charge is 0.463 e. The molecule has 4 aliphatic rings. The molecule has 1 aromatic carbocycles. The summed E-state index contributed by atoms with van der Waals surface area (Å²) in [5.41, 5.74) is 0.402. The maximum absolute atomic E-state index is 13.7. The molecular formula is C22H21F3N4O2. The fourth-order valence-electron chi connectivity index (χ4n) is 5.04. The van der Waals surface area contributed by atoms with Crippen LogP contribution in [0, 0.1) is 41.1 Å². The molecule has 2 bridgehead atoms. The van der Waals surface area contributed by atoms with Crippen molar-refractivity contribution < 1.29 is 22.7 Å². The van der Waals surface area contributed by atoms with E-state index in [4.69, 9.17) is 4.74 Å². The van der Waals surface area contributed by atoms with E-state index in [0.29, 0.717) is 30.9 Å². The van der Waals surface area contributed by atoms with E-state index in [1.807, 2.05) is 0 Å². The molecule has 1 aromatic heterocycles. The van der Waals surface area contributed by atoms with Gasteiger partial charge in [0.15, 0.2) is 5.82 Å². The number of fused-ring (bicyclic) bond motifs is 2. The number of aromatic nitrogens is 2.